The van der Waals surface area contributed by atoms with E-state index in [0.29, 0.717) is 18.2 Å². The van der Waals surface area contributed by atoms with Gasteiger partial charge in [0.05, 0.1) is 7.11 Å². The first-order chi connectivity index (χ1) is 13.0. The lowest BCUT2D eigenvalue weighted by Crippen LogP contribution is -2.59. The van der Waals surface area contributed by atoms with E-state index >= 15 is 0 Å². The summed E-state index contributed by atoms with van der Waals surface area (Å²) >= 11 is 0.680. The van der Waals surface area contributed by atoms with Crippen LogP contribution < -0.4 is 0 Å². The monoisotopic (exact) mass is 418 g/mol. The molecular weight excluding hydrogens is 388 g/mol. The quantitative estimate of drug-likeness (QED) is 0.455. The number of hydrogen-bond donors (Lipinski definition) is 0. The molecule has 9 heteroatoms. The van der Waals surface area contributed by atoms with E-state index < -0.39 is 41.2 Å². The predicted molar refractivity (Wildman–Crippen MR) is 102 cm³/mol. The molecule has 1 heterocycles. The van der Waals surface area contributed by atoms with Crippen LogP contribution in [0.5, 0.6) is 0 Å². The SMILES string of the molecule is CC[C@@H](C)[C@@H](OC(C)=O)C1O[C@@](SC(C)=O)(C(=O)OC)C[C@H](OC(C)=O)[C@H]1C. The molecule has 0 aromatic rings. The van der Waals surface area contributed by atoms with Crippen molar-refractivity contribution < 1.29 is 38.1 Å². The summed E-state index contributed by atoms with van der Waals surface area (Å²) in [6.07, 6.45) is -1.54. The Hall–Kier alpha value is -1.61. The number of thioether (sulfide) groups is 1. The molecule has 28 heavy (non-hydrogen) atoms. The van der Waals surface area contributed by atoms with Crippen LogP contribution in [0.2, 0.25) is 0 Å². The van der Waals surface area contributed by atoms with E-state index in [1.807, 2.05) is 13.8 Å². The van der Waals surface area contributed by atoms with Crippen molar-refractivity contribution >= 4 is 34.8 Å². The Morgan fingerprint density at radius 2 is 1.79 bits per heavy atom. The van der Waals surface area contributed by atoms with Crippen LogP contribution in [0.15, 0.2) is 0 Å². The Morgan fingerprint density at radius 3 is 2.21 bits per heavy atom. The Morgan fingerprint density at radius 1 is 1.18 bits per heavy atom. The molecule has 8 nitrogen and oxygen atoms in total. The molecule has 0 radical (unpaired) electrons. The molecule has 1 fully saturated rings. The Balaban J connectivity index is 3.44. The van der Waals surface area contributed by atoms with Gasteiger partial charge in [0.1, 0.15) is 18.3 Å². The van der Waals surface area contributed by atoms with Crippen LogP contribution in [0, 0.1) is 11.8 Å². The fourth-order valence-corrected chi connectivity index (χ4v) is 4.36. The minimum Gasteiger partial charge on any atom is -0.466 e. The van der Waals surface area contributed by atoms with Crippen molar-refractivity contribution in [2.45, 2.75) is 77.6 Å². The number of methoxy groups -OCH3 is 1. The van der Waals surface area contributed by atoms with Gasteiger partial charge < -0.3 is 18.9 Å². The van der Waals surface area contributed by atoms with Gasteiger partial charge in [-0.25, -0.2) is 4.79 Å². The highest BCUT2D eigenvalue weighted by molar-refractivity contribution is 8.15. The predicted octanol–water partition coefficient (Wildman–Crippen LogP) is 2.47. The maximum absolute atomic E-state index is 12.6. The zero-order valence-electron chi connectivity index (χ0n) is 17.5. The van der Waals surface area contributed by atoms with Gasteiger partial charge in [-0.3, -0.25) is 14.4 Å². The zero-order valence-corrected chi connectivity index (χ0v) is 18.3. The third-order valence-electron chi connectivity index (χ3n) is 4.85. The number of ether oxygens (including phenoxy) is 4. The number of rotatable bonds is 7. The van der Waals surface area contributed by atoms with Crippen molar-refractivity contribution in [2.75, 3.05) is 7.11 Å². The molecule has 0 N–H and O–H groups in total. The van der Waals surface area contributed by atoms with Crippen LogP contribution in [0.25, 0.3) is 0 Å². The summed E-state index contributed by atoms with van der Waals surface area (Å²) < 4.78 is 22.0. The Kier molecular flexibility index (Phi) is 8.94. The lowest BCUT2D eigenvalue weighted by atomic mass is 9.82. The number of esters is 3. The van der Waals surface area contributed by atoms with Crippen molar-refractivity contribution in [3.63, 3.8) is 0 Å². The minimum atomic E-state index is -1.69. The first kappa shape index (κ1) is 24.4. The number of carbonyl (C=O) groups is 4. The maximum Gasteiger partial charge on any atom is 0.349 e. The molecule has 0 bridgehead atoms. The van der Waals surface area contributed by atoms with Gasteiger partial charge in [0, 0.05) is 33.1 Å². The lowest BCUT2D eigenvalue weighted by Gasteiger charge is -2.47. The van der Waals surface area contributed by atoms with Crippen molar-refractivity contribution in [3.8, 4) is 0 Å². The van der Waals surface area contributed by atoms with Gasteiger partial charge in [-0.15, -0.1) is 0 Å². The van der Waals surface area contributed by atoms with E-state index in [-0.39, 0.29) is 23.4 Å². The van der Waals surface area contributed by atoms with Crippen molar-refractivity contribution in [2.24, 2.45) is 11.8 Å². The highest BCUT2D eigenvalue weighted by Gasteiger charge is 2.56. The van der Waals surface area contributed by atoms with Crippen molar-refractivity contribution in [1.82, 2.24) is 0 Å². The highest BCUT2D eigenvalue weighted by Crippen LogP contribution is 2.45. The molecule has 1 aliphatic rings. The molecule has 1 rings (SSSR count). The average Bonchev–Trinajstić information content (AvgIpc) is 2.60. The third-order valence-corrected chi connectivity index (χ3v) is 5.90. The van der Waals surface area contributed by atoms with Crippen LogP contribution in [0.4, 0.5) is 0 Å². The zero-order chi connectivity index (χ0) is 21.6. The summed E-state index contributed by atoms with van der Waals surface area (Å²) in [4.78, 5) is 46.1. The largest absolute Gasteiger partial charge is 0.466 e. The molecule has 0 aliphatic carbocycles. The van der Waals surface area contributed by atoms with Gasteiger partial charge in [-0.05, 0) is 24.1 Å². The van der Waals surface area contributed by atoms with E-state index in [0.717, 1.165) is 0 Å². The number of hydrogen-bond acceptors (Lipinski definition) is 9. The average molecular weight is 419 g/mol. The van der Waals surface area contributed by atoms with E-state index in [2.05, 4.69) is 0 Å². The second-order valence-corrected chi connectivity index (χ2v) is 8.53. The van der Waals surface area contributed by atoms with Crippen LogP contribution in [-0.2, 0) is 38.1 Å². The van der Waals surface area contributed by atoms with E-state index in [1.54, 1.807) is 6.92 Å². The Labute approximate surface area is 170 Å². The first-order valence-electron chi connectivity index (χ1n) is 9.27. The summed E-state index contributed by atoms with van der Waals surface area (Å²) in [7, 11) is 1.19. The van der Waals surface area contributed by atoms with Crippen LogP contribution in [-0.4, -0.2) is 53.4 Å². The van der Waals surface area contributed by atoms with Gasteiger partial charge in [0.25, 0.3) is 0 Å². The van der Waals surface area contributed by atoms with E-state index in [9.17, 15) is 19.2 Å². The molecule has 0 spiro atoms. The van der Waals surface area contributed by atoms with Gasteiger partial charge >= 0.3 is 17.9 Å². The molecular formula is C19H30O8S. The normalized spacial score (nSPS) is 29.3. The Bertz CT molecular complexity index is 607. The van der Waals surface area contributed by atoms with Crippen molar-refractivity contribution in [3.05, 3.63) is 0 Å². The molecule has 0 aromatic carbocycles. The fourth-order valence-electron chi connectivity index (χ4n) is 3.32. The van der Waals surface area contributed by atoms with Crippen LogP contribution in [0.1, 0.15) is 54.4 Å². The first-order valence-corrected chi connectivity index (χ1v) is 10.1. The second-order valence-electron chi connectivity index (χ2n) is 7.09. The molecule has 6 atom stereocenters. The topological polar surface area (TPSA) is 105 Å². The summed E-state index contributed by atoms with van der Waals surface area (Å²) in [6.45, 7) is 9.52. The van der Waals surface area contributed by atoms with Crippen molar-refractivity contribution in [1.29, 1.82) is 0 Å². The number of carbonyl (C=O) groups excluding carboxylic acids is 4. The maximum atomic E-state index is 12.6. The summed E-state index contributed by atoms with van der Waals surface area (Å²) in [6, 6.07) is 0. The summed E-state index contributed by atoms with van der Waals surface area (Å²) in [5.41, 5.74) is 0. The standard InChI is InChI=1S/C19H30O8S/c1-8-10(2)16(26-13(5)21)17-11(3)15(25-12(4)20)9-19(27-17,18(23)24-7)28-14(6)22/h10-11,15-17H,8-9H2,1-7H3/t10-,11-,15+,16-,17?,19+/m1/s1. The van der Waals surface area contributed by atoms with E-state index in [1.165, 1.54) is 27.9 Å². The van der Waals surface area contributed by atoms with Gasteiger partial charge in [-0.1, -0.05) is 20.8 Å². The molecule has 0 saturated carbocycles. The highest BCUT2D eigenvalue weighted by atomic mass is 32.2. The molecule has 1 saturated heterocycles. The van der Waals surface area contributed by atoms with Gasteiger partial charge in [0.15, 0.2) is 5.12 Å². The second kappa shape index (κ2) is 10.2. The summed E-state index contributed by atoms with van der Waals surface area (Å²) in [5, 5.41) is -0.354. The van der Waals surface area contributed by atoms with Crippen LogP contribution >= 0.6 is 11.8 Å². The fraction of sp³-hybridized carbons (Fsp3) is 0.789. The molecule has 0 aromatic heterocycles. The summed E-state index contributed by atoms with van der Waals surface area (Å²) in [5.74, 6) is -2.24. The smallest absolute Gasteiger partial charge is 0.349 e. The van der Waals surface area contributed by atoms with Gasteiger partial charge in [-0.2, -0.15) is 0 Å². The van der Waals surface area contributed by atoms with E-state index in [4.69, 9.17) is 18.9 Å². The minimum absolute atomic E-state index is 0.0472. The molecule has 0 amide bonds. The lowest BCUT2D eigenvalue weighted by molar-refractivity contribution is -0.220. The molecule has 1 aliphatic heterocycles. The third kappa shape index (κ3) is 5.94. The molecule has 160 valence electrons. The van der Waals surface area contributed by atoms with Gasteiger partial charge in [0.2, 0.25) is 4.93 Å². The molecule has 1 unspecified atom stereocenters. The van der Waals surface area contributed by atoms with Crippen LogP contribution in [0.3, 0.4) is 0 Å².